The van der Waals surface area contributed by atoms with E-state index >= 15 is 0 Å². The van der Waals surface area contributed by atoms with E-state index in [1.165, 1.54) is 24.8 Å². The van der Waals surface area contributed by atoms with Crippen LogP contribution in [0, 0.1) is 6.92 Å². The Bertz CT molecular complexity index is 1270. The van der Waals surface area contributed by atoms with Crippen molar-refractivity contribution in [1.29, 1.82) is 0 Å². The fourth-order valence-electron chi connectivity index (χ4n) is 4.36. The number of halogens is 1. The Morgan fingerprint density at radius 1 is 0.944 bits per heavy atom. The lowest BCUT2D eigenvalue weighted by molar-refractivity contribution is -0.119. The number of anilines is 1. The third kappa shape index (κ3) is 6.87. The van der Waals surface area contributed by atoms with Crippen LogP contribution in [-0.4, -0.2) is 38.9 Å². The summed E-state index contributed by atoms with van der Waals surface area (Å²) < 4.78 is 28.1. The maximum absolute atomic E-state index is 13.5. The van der Waals surface area contributed by atoms with Crippen LogP contribution >= 0.6 is 11.6 Å². The number of carbonyl (C=O) groups is 1. The van der Waals surface area contributed by atoms with Gasteiger partial charge in [0.1, 0.15) is 6.54 Å². The van der Waals surface area contributed by atoms with Gasteiger partial charge in [-0.3, -0.25) is 14.0 Å². The first-order valence-electron chi connectivity index (χ1n) is 12.2. The zero-order chi connectivity index (χ0) is 25.5. The van der Waals surface area contributed by atoms with Crippen LogP contribution in [-0.2, 0) is 27.9 Å². The average Bonchev–Trinajstić information content (AvgIpc) is 2.88. The van der Waals surface area contributed by atoms with Crippen molar-refractivity contribution in [2.75, 3.05) is 23.9 Å². The fraction of sp³-hybridized carbons (Fsp3) is 0.321. The Labute approximate surface area is 218 Å². The first kappa shape index (κ1) is 26.2. The molecule has 1 aliphatic heterocycles. The van der Waals surface area contributed by atoms with Gasteiger partial charge in [-0.15, -0.1) is 0 Å². The van der Waals surface area contributed by atoms with Crippen LogP contribution in [0.1, 0.15) is 36.0 Å². The summed E-state index contributed by atoms with van der Waals surface area (Å²) in [7, 11) is -3.96. The van der Waals surface area contributed by atoms with Crippen molar-refractivity contribution in [2.45, 2.75) is 44.2 Å². The monoisotopic (exact) mass is 525 g/mol. The SMILES string of the molecule is Cc1ccc(S(=O)(=O)N(CC(=O)NCc2cccc(CN3CCCCC3)c2)c2ccc(Cl)cc2)cc1. The van der Waals surface area contributed by atoms with Gasteiger partial charge in [-0.25, -0.2) is 8.42 Å². The van der Waals surface area contributed by atoms with Crippen molar-refractivity contribution in [2.24, 2.45) is 0 Å². The van der Waals surface area contributed by atoms with Gasteiger partial charge in [0.05, 0.1) is 10.6 Å². The maximum Gasteiger partial charge on any atom is 0.264 e. The van der Waals surface area contributed by atoms with Gasteiger partial charge < -0.3 is 5.32 Å². The molecule has 0 radical (unpaired) electrons. The second kappa shape index (κ2) is 11.9. The average molecular weight is 526 g/mol. The predicted octanol–water partition coefficient (Wildman–Crippen LogP) is 5.15. The molecule has 0 aliphatic carbocycles. The Hall–Kier alpha value is -2.87. The van der Waals surface area contributed by atoms with Crippen LogP contribution in [0.3, 0.4) is 0 Å². The third-order valence-electron chi connectivity index (χ3n) is 6.35. The van der Waals surface area contributed by atoms with E-state index in [9.17, 15) is 13.2 Å². The predicted molar refractivity (Wildman–Crippen MR) is 145 cm³/mol. The van der Waals surface area contributed by atoms with Crippen LogP contribution in [0.25, 0.3) is 0 Å². The number of amides is 1. The zero-order valence-electron chi connectivity index (χ0n) is 20.5. The number of nitrogens with one attached hydrogen (secondary N) is 1. The normalized spacial score (nSPS) is 14.4. The summed E-state index contributed by atoms with van der Waals surface area (Å²) >= 11 is 6.01. The third-order valence-corrected chi connectivity index (χ3v) is 8.39. The molecular formula is C28H32ClN3O3S. The lowest BCUT2D eigenvalue weighted by Crippen LogP contribution is -2.40. The van der Waals surface area contributed by atoms with Crippen molar-refractivity contribution in [3.8, 4) is 0 Å². The van der Waals surface area contributed by atoms with Crippen LogP contribution in [0.2, 0.25) is 5.02 Å². The highest BCUT2D eigenvalue weighted by Crippen LogP contribution is 2.25. The number of aryl methyl sites for hydroxylation is 1. The van der Waals surface area contributed by atoms with Gasteiger partial charge >= 0.3 is 0 Å². The molecule has 1 heterocycles. The molecule has 3 aromatic rings. The number of sulfonamides is 1. The molecular weight excluding hydrogens is 494 g/mol. The Morgan fingerprint density at radius 3 is 2.31 bits per heavy atom. The van der Waals surface area contributed by atoms with Crippen LogP contribution in [0.4, 0.5) is 5.69 Å². The summed E-state index contributed by atoms with van der Waals surface area (Å²) in [5, 5.41) is 3.38. The molecule has 4 rings (SSSR count). The minimum Gasteiger partial charge on any atom is -0.350 e. The second-order valence-corrected chi connectivity index (χ2v) is 11.5. The number of piperidine rings is 1. The number of benzene rings is 3. The first-order chi connectivity index (χ1) is 17.3. The molecule has 6 nitrogen and oxygen atoms in total. The largest absolute Gasteiger partial charge is 0.350 e. The Morgan fingerprint density at radius 2 is 1.61 bits per heavy atom. The molecule has 190 valence electrons. The summed E-state index contributed by atoms with van der Waals surface area (Å²) in [6.45, 7) is 5.02. The first-order valence-corrected chi connectivity index (χ1v) is 14.0. The number of carbonyl (C=O) groups excluding carboxylic acids is 1. The highest BCUT2D eigenvalue weighted by atomic mass is 35.5. The van der Waals surface area contributed by atoms with Crippen LogP contribution in [0.5, 0.6) is 0 Å². The van der Waals surface area contributed by atoms with Crippen molar-refractivity contribution < 1.29 is 13.2 Å². The van der Waals surface area contributed by atoms with Crippen molar-refractivity contribution in [1.82, 2.24) is 10.2 Å². The summed E-state index contributed by atoms with van der Waals surface area (Å²) in [6, 6.07) is 21.2. The smallest absolute Gasteiger partial charge is 0.264 e. The number of nitrogens with zero attached hydrogens (tertiary/aromatic N) is 2. The molecule has 3 aromatic carbocycles. The number of hydrogen-bond acceptors (Lipinski definition) is 4. The van der Waals surface area contributed by atoms with E-state index < -0.39 is 10.0 Å². The Kier molecular flexibility index (Phi) is 8.67. The van der Waals surface area contributed by atoms with Gasteiger partial charge in [0.15, 0.2) is 0 Å². The summed E-state index contributed by atoms with van der Waals surface area (Å²) in [4.78, 5) is 15.5. The standard InChI is InChI=1S/C28H32ClN3O3S/c1-22-8-14-27(15-9-22)36(34,35)32(26-12-10-25(29)11-13-26)21-28(33)30-19-23-6-5-7-24(18-23)20-31-16-3-2-4-17-31/h5-15,18H,2-4,16-17,19-21H2,1H3,(H,30,33). The van der Waals surface area contributed by atoms with E-state index in [0.29, 0.717) is 17.3 Å². The molecule has 1 saturated heterocycles. The minimum atomic E-state index is -3.96. The van der Waals surface area contributed by atoms with Gasteiger partial charge in [-0.05, 0) is 80.4 Å². The molecule has 1 N–H and O–H groups in total. The van der Waals surface area contributed by atoms with E-state index in [-0.39, 0.29) is 17.3 Å². The minimum absolute atomic E-state index is 0.126. The van der Waals surface area contributed by atoms with Crippen molar-refractivity contribution >= 4 is 33.2 Å². The molecule has 0 bridgehead atoms. The topological polar surface area (TPSA) is 69.7 Å². The molecule has 8 heteroatoms. The highest BCUT2D eigenvalue weighted by Gasteiger charge is 2.27. The van der Waals surface area contributed by atoms with Crippen molar-refractivity contribution in [3.63, 3.8) is 0 Å². The molecule has 36 heavy (non-hydrogen) atoms. The van der Waals surface area contributed by atoms with Gasteiger partial charge in [-0.2, -0.15) is 0 Å². The molecule has 1 aliphatic rings. The van der Waals surface area contributed by atoms with Gasteiger partial charge in [0.2, 0.25) is 5.91 Å². The summed E-state index contributed by atoms with van der Waals surface area (Å²) in [5.41, 5.74) is 3.52. The van der Waals surface area contributed by atoms with Gasteiger partial charge in [0, 0.05) is 18.1 Å². The van der Waals surface area contributed by atoms with Gasteiger partial charge in [0.25, 0.3) is 10.0 Å². The van der Waals surface area contributed by atoms with E-state index in [1.807, 2.05) is 19.1 Å². The number of rotatable bonds is 9. The van der Waals surface area contributed by atoms with Gasteiger partial charge in [-0.1, -0.05) is 60.0 Å². The Balaban J connectivity index is 1.46. The lowest BCUT2D eigenvalue weighted by atomic mass is 10.1. The molecule has 1 fully saturated rings. The fourth-order valence-corrected chi connectivity index (χ4v) is 5.91. The molecule has 0 atom stereocenters. The number of likely N-dealkylation sites (tertiary alicyclic amines) is 1. The zero-order valence-corrected chi connectivity index (χ0v) is 22.1. The van der Waals surface area contributed by atoms with E-state index in [4.69, 9.17) is 11.6 Å². The quantitative estimate of drug-likeness (QED) is 0.419. The van der Waals surface area contributed by atoms with E-state index in [2.05, 4.69) is 22.3 Å². The van der Waals surface area contributed by atoms with Crippen LogP contribution in [0.15, 0.2) is 77.7 Å². The molecule has 0 spiro atoms. The summed E-state index contributed by atoms with van der Waals surface area (Å²) in [5.74, 6) is -0.387. The number of hydrogen-bond donors (Lipinski definition) is 1. The summed E-state index contributed by atoms with van der Waals surface area (Å²) in [6.07, 6.45) is 3.78. The molecule has 0 aromatic heterocycles. The second-order valence-electron chi connectivity index (χ2n) is 9.23. The van der Waals surface area contributed by atoms with E-state index in [1.54, 1.807) is 48.5 Å². The van der Waals surface area contributed by atoms with Crippen molar-refractivity contribution in [3.05, 3.63) is 94.5 Å². The molecule has 0 saturated carbocycles. The lowest BCUT2D eigenvalue weighted by Gasteiger charge is -2.26. The molecule has 0 unspecified atom stereocenters. The van der Waals surface area contributed by atoms with Crippen LogP contribution < -0.4 is 9.62 Å². The highest BCUT2D eigenvalue weighted by molar-refractivity contribution is 7.92. The maximum atomic E-state index is 13.5. The molecule has 1 amide bonds. The van der Waals surface area contributed by atoms with E-state index in [0.717, 1.165) is 35.1 Å².